The van der Waals surface area contributed by atoms with Gasteiger partial charge in [-0.25, -0.2) is 4.98 Å². The zero-order chi connectivity index (χ0) is 22.1. The number of aromatic nitrogens is 4. The van der Waals surface area contributed by atoms with Crippen LogP contribution < -0.4 is 25.2 Å². The van der Waals surface area contributed by atoms with Crippen molar-refractivity contribution >= 4 is 29.2 Å². The Labute approximate surface area is 182 Å². The van der Waals surface area contributed by atoms with E-state index >= 15 is 0 Å². The predicted octanol–water partition coefficient (Wildman–Crippen LogP) is 0.690. The second kappa shape index (κ2) is 8.23. The van der Waals surface area contributed by atoms with Gasteiger partial charge in [-0.05, 0) is 6.07 Å². The SMILES string of the molecule is COc1cc2c(cn1)CN(c1nnc(C(=O)Nc3cnccc3N3CCNCC3)o1)C2=O. The number of carbonyl (C=O) groups is 2. The van der Waals surface area contributed by atoms with Crippen molar-refractivity contribution in [3.05, 3.63) is 47.7 Å². The summed E-state index contributed by atoms with van der Waals surface area (Å²) in [6.45, 7) is 3.56. The summed E-state index contributed by atoms with van der Waals surface area (Å²) in [4.78, 5) is 37.2. The summed E-state index contributed by atoms with van der Waals surface area (Å²) in [6, 6.07) is 3.34. The molecule has 0 unspecified atom stereocenters. The number of nitrogens with one attached hydrogen (secondary N) is 2. The molecule has 32 heavy (non-hydrogen) atoms. The lowest BCUT2D eigenvalue weighted by molar-refractivity contribution is 0.0971. The Balaban J connectivity index is 1.33. The van der Waals surface area contributed by atoms with Gasteiger partial charge in [-0.1, -0.05) is 5.10 Å². The number of methoxy groups -OCH3 is 1. The van der Waals surface area contributed by atoms with Gasteiger partial charge < -0.3 is 24.7 Å². The van der Waals surface area contributed by atoms with Crippen molar-refractivity contribution in [1.29, 1.82) is 0 Å². The highest BCUT2D eigenvalue weighted by Crippen LogP contribution is 2.29. The van der Waals surface area contributed by atoms with Crippen LogP contribution in [0, 0.1) is 0 Å². The van der Waals surface area contributed by atoms with Crippen molar-refractivity contribution in [3.8, 4) is 5.88 Å². The number of pyridine rings is 2. The first-order valence-corrected chi connectivity index (χ1v) is 10.0. The molecule has 0 aliphatic carbocycles. The molecule has 0 spiro atoms. The molecule has 2 aliphatic heterocycles. The fourth-order valence-electron chi connectivity index (χ4n) is 3.70. The average molecular weight is 436 g/mol. The van der Waals surface area contributed by atoms with Gasteiger partial charge in [-0.3, -0.25) is 19.5 Å². The van der Waals surface area contributed by atoms with E-state index in [9.17, 15) is 9.59 Å². The minimum Gasteiger partial charge on any atom is -0.481 e. The Kier molecular flexibility index (Phi) is 5.11. The molecule has 164 valence electrons. The maximum Gasteiger partial charge on any atom is 0.326 e. The smallest absolute Gasteiger partial charge is 0.326 e. The molecule has 12 heteroatoms. The van der Waals surface area contributed by atoms with Gasteiger partial charge in [0.2, 0.25) is 5.88 Å². The zero-order valence-electron chi connectivity index (χ0n) is 17.2. The van der Waals surface area contributed by atoms with Crippen LogP contribution in [-0.4, -0.2) is 65.3 Å². The third kappa shape index (κ3) is 3.60. The van der Waals surface area contributed by atoms with Crippen LogP contribution in [0.15, 0.2) is 35.1 Å². The van der Waals surface area contributed by atoms with Crippen molar-refractivity contribution in [2.75, 3.05) is 48.4 Å². The van der Waals surface area contributed by atoms with Crippen molar-refractivity contribution in [1.82, 2.24) is 25.5 Å². The summed E-state index contributed by atoms with van der Waals surface area (Å²) in [5, 5.41) is 13.8. The highest BCUT2D eigenvalue weighted by atomic mass is 16.5. The van der Waals surface area contributed by atoms with Gasteiger partial charge in [-0.2, -0.15) is 0 Å². The Morgan fingerprint density at radius 3 is 2.91 bits per heavy atom. The lowest BCUT2D eigenvalue weighted by atomic mass is 10.2. The summed E-state index contributed by atoms with van der Waals surface area (Å²) in [6.07, 6.45) is 4.82. The molecular formula is C20H20N8O4. The Morgan fingerprint density at radius 2 is 2.09 bits per heavy atom. The van der Waals surface area contributed by atoms with Crippen LogP contribution in [0.1, 0.15) is 26.6 Å². The fourth-order valence-corrected chi connectivity index (χ4v) is 3.70. The van der Waals surface area contributed by atoms with Crippen molar-refractivity contribution in [2.45, 2.75) is 6.54 Å². The van der Waals surface area contributed by atoms with Gasteiger partial charge in [0, 0.05) is 50.2 Å². The molecule has 5 rings (SSSR count). The molecule has 0 saturated carbocycles. The van der Waals surface area contributed by atoms with Crippen LogP contribution >= 0.6 is 0 Å². The Morgan fingerprint density at radius 1 is 1.25 bits per heavy atom. The van der Waals surface area contributed by atoms with E-state index in [4.69, 9.17) is 9.15 Å². The summed E-state index contributed by atoms with van der Waals surface area (Å²) < 4.78 is 10.6. The number of nitrogens with zero attached hydrogens (tertiary/aromatic N) is 6. The number of ether oxygens (including phenoxy) is 1. The van der Waals surface area contributed by atoms with Crippen LogP contribution in [-0.2, 0) is 6.54 Å². The molecule has 3 aromatic heterocycles. The first-order valence-electron chi connectivity index (χ1n) is 10.0. The van der Waals surface area contributed by atoms with E-state index < -0.39 is 5.91 Å². The summed E-state index contributed by atoms with van der Waals surface area (Å²) in [5.41, 5.74) is 2.55. The summed E-state index contributed by atoms with van der Waals surface area (Å²) in [7, 11) is 1.48. The number of anilines is 3. The minimum atomic E-state index is -0.583. The molecule has 2 N–H and O–H groups in total. The van der Waals surface area contributed by atoms with Gasteiger partial charge in [0.25, 0.3) is 5.91 Å². The van der Waals surface area contributed by atoms with Gasteiger partial charge >= 0.3 is 17.8 Å². The van der Waals surface area contributed by atoms with Crippen molar-refractivity contribution < 1.29 is 18.7 Å². The second-order valence-electron chi connectivity index (χ2n) is 7.25. The molecule has 0 bridgehead atoms. The van der Waals surface area contributed by atoms with Crippen molar-refractivity contribution in [2.24, 2.45) is 0 Å². The molecule has 1 saturated heterocycles. The normalized spacial score (nSPS) is 15.6. The number of hydrogen-bond acceptors (Lipinski definition) is 10. The zero-order valence-corrected chi connectivity index (χ0v) is 17.2. The van der Waals surface area contributed by atoms with Gasteiger partial charge in [-0.15, -0.1) is 5.10 Å². The van der Waals surface area contributed by atoms with Gasteiger partial charge in [0.1, 0.15) is 0 Å². The summed E-state index contributed by atoms with van der Waals surface area (Å²) >= 11 is 0. The van der Waals surface area contributed by atoms with Crippen LogP contribution in [0.3, 0.4) is 0 Å². The third-order valence-electron chi connectivity index (χ3n) is 5.32. The van der Waals surface area contributed by atoms with Crippen LogP contribution in [0.5, 0.6) is 5.88 Å². The fraction of sp³-hybridized carbons (Fsp3) is 0.300. The molecule has 3 aromatic rings. The second-order valence-corrected chi connectivity index (χ2v) is 7.25. The van der Waals surface area contributed by atoms with E-state index in [1.807, 2.05) is 6.07 Å². The average Bonchev–Trinajstić information content (AvgIpc) is 3.45. The predicted molar refractivity (Wildman–Crippen MR) is 113 cm³/mol. The Bertz CT molecular complexity index is 1170. The molecule has 0 aromatic carbocycles. The lowest BCUT2D eigenvalue weighted by Crippen LogP contribution is -2.43. The largest absolute Gasteiger partial charge is 0.481 e. The maximum atomic E-state index is 12.8. The van der Waals surface area contributed by atoms with E-state index in [2.05, 4.69) is 35.7 Å². The van der Waals surface area contributed by atoms with E-state index in [-0.39, 0.29) is 24.4 Å². The quantitative estimate of drug-likeness (QED) is 0.587. The van der Waals surface area contributed by atoms with Crippen LogP contribution in [0.25, 0.3) is 0 Å². The van der Waals surface area contributed by atoms with E-state index in [0.717, 1.165) is 31.9 Å². The minimum absolute atomic E-state index is 0.0659. The standard InChI is InChI=1S/C20H20N8O4/c1-31-16-8-13-12(9-23-16)11-28(19(13)30)20-26-25-18(32-20)17(29)24-14-10-22-3-2-15(14)27-6-4-21-5-7-27/h2-3,8-10,21H,4-7,11H2,1H3,(H,24,29). The molecule has 5 heterocycles. The number of amides is 2. The first-order chi connectivity index (χ1) is 15.6. The van der Waals surface area contributed by atoms with E-state index in [1.165, 1.54) is 12.0 Å². The molecule has 2 amide bonds. The number of carbonyl (C=O) groups excluding carboxylic acids is 2. The number of rotatable bonds is 5. The van der Waals surface area contributed by atoms with E-state index in [0.29, 0.717) is 22.7 Å². The number of fused-ring (bicyclic) bond motifs is 1. The molecule has 12 nitrogen and oxygen atoms in total. The van der Waals surface area contributed by atoms with E-state index in [1.54, 1.807) is 24.7 Å². The first kappa shape index (κ1) is 19.9. The lowest BCUT2D eigenvalue weighted by Gasteiger charge is -2.30. The number of hydrogen-bond donors (Lipinski definition) is 2. The molecule has 1 fully saturated rings. The maximum absolute atomic E-state index is 12.8. The van der Waals surface area contributed by atoms with Crippen LogP contribution in [0.4, 0.5) is 17.4 Å². The van der Waals surface area contributed by atoms with Gasteiger partial charge in [0.15, 0.2) is 0 Å². The third-order valence-corrected chi connectivity index (χ3v) is 5.32. The topological polar surface area (TPSA) is 139 Å². The van der Waals surface area contributed by atoms with Crippen molar-refractivity contribution in [3.63, 3.8) is 0 Å². The Hall–Kier alpha value is -4.06. The highest BCUT2D eigenvalue weighted by Gasteiger charge is 2.33. The molecule has 0 atom stereocenters. The molecule has 0 radical (unpaired) electrons. The number of piperazine rings is 1. The summed E-state index contributed by atoms with van der Waals surface area (Å²) in [5.74, 6) is -0.832. The monoisotopic (exact) mass is 436 g/mol. The van der Waals surface area contributed by atoms with Crippen LogP contribution in [0.2, 0.25) is 0 Å². The molecule has 2 aliphatic rings. The highest BCUT2D eigenvalue weighted by molar-refractivity contribution is 6.09. The molecular weight excluding hydrogens is 416 g/mol. The van der Waals surface area contributed by atoms with Gasteiger partial charge in [0.05, 0.1) is 36.8 Å².